The maximum absolute atomic E-state index is 13.5. The van der Waals surface area contributed by atoms with Crippen molar-refractivity contribution in [2.45, 2.75) is 103 Å². The summed E-state index contributed by atoms with van der Waals surface area (Å²) in [7, 11) is 0. The van der Waals surface area contributed by atoms with Gasteiger partial charge >= 0.3 is 0 Å². The smallest absolute Gasteiger partial charge is 0.267 e. The molecule has 1 saturated carbocycles. The molecule has 3 aliphatic rings. The first-order valence-electron chi connectivity index (χ1n) is 13.4. The van der Waals surface area contributed by atoms with E-state index in [-0.39, 0.29) is 5.91 Å². The summed E-state index contributed by atoms with van der Waals surface area (Å²) in [4.78, 5) is 20.7. The topological polar surface area (TPSA) is 32.7 Å². The van der Waals surface area contributed by atoms with Crippen LogP contribution >= 0.6 is 0 Å². The normalized spacial score (nSPS) is 27.8. The van der Waals surface area contributed by atoms with Crippen LogP contribution in [-0.4, -0.2) is 35.7 Å². The highest BCUT2D eigenvalue weighted by molar-refractivity contribution is 6.38. The summed E-state index contributed by atoms with van der Waals surface area (Å²) in [6.07, 6.45) is 13.4. The molecule has 0 bridgehead atoms. The molecule has 1 aromatic rings. The van der Waals surface area contributed by atoms with E-state index in [4.69, 9.17) is 4.99 Å². The van der Waals surface area contributed by atoms with Crippen LogP contribution in [0.25, 0.3) is 0 Å². The number of amides is 1. The first-order valence-corrected chi connectivity index (χ1v) is 13.4. The number of benzene rings is 1. The number of aryl methyl sites for hydroxylation is 1. The summed E-state index contributed by atoms with van der Waals surface area (Å²) in [6, 6.07) is 9.19. The lowest BCUT2D eigenvalue weighted by Gasteiger charge is -2.33. The minimum absolute atomic E-state index is 0.247. The van der Waals surface area contributed by atoms with Crippen molar-refractivity contribution in [2.24, 2.45) is 22.7 Å². The van der Waals surface area contributed by atoms with Crippen LogP contribution in [0.15, 0.2) is 29.3 Å². The van der Waals surface area contributed by atoms with Gasteiger partial charge in [-0.3, -0.25) is 9.79 Å². The average Bonchev–Trinajstić information content (AvgIpc) is 3.52. The molecule has 1 saturated heterocycles. The van der Waals surface area contributed by atoms with Gasteiger partial charge in [0.15, 0.2) is 0 Å². The van der Waals surface area contributed by atoms with Crippen molar-refractivity contribution in [3.63, 3.8) is 0 Å². The van der Waals surface area contributed by atoms with Gasteiger partial charge in [-0.25, -0.2) is 0 Å². The summed E-state index contributed by atoms with van der Waals surface area (Å²) >= 11 is 0. The molecule has 0 radical (unpaired) electrons. The number of hydrogen-bond acceptors (Lipinski definition) is 2. The van der Waals surface area contributed by atoms with E-state index < -0.39 is 0 Å². The lowest BCUT2D eigenvalue weighted by molar-refractivity contribution is -0.125. The van der Waals surface area contributed by atoms with Crippen LogP contribution < -0.4 is 0 Å². The summed E-state index contributed by atoms with van der Waals surface area (Å²) in [5.41, 5.74) is 3.76. The number of rotatable bonds is 4. The zero-order valence-electron chi connectivity index (χ0n) is 20.7. The lowest BCUT2D eigenvalue weighted by atomic mass is 9.86. The fourth-order valence-electron chi connectivity index (χ4n) is 6.19. The number of nitrogens with zero attached hydrogens (tertiary/aromatic N) is 2. The monoisotopic (exact) mass is 436 g/mol. The standard InChI is InChI=1S/C29H44N2O/c1-21(2)19-23-10-5-6-12-25-20-28(25)30-27(14-8-11-23)29(32)31-17-15-24(16-18-31)26-13-7-4-9-22(26)3/h4,7,9,13,21,23-25,28H,5-6,8,10-12,14-20H2,1-3H3. The van der Waals surface area contributed by atoms with Crippen molar-refractivity contribution >= 4 is 11.6 Å². The molecule has 3 unspecified atom stereocenters. The molecule has 2 heterocycles. The highest BCUT2D eigenvalue weighted by atomic mass is 16.2. The predicted molar refractivity (Wildman–Crippen MR) is 134 cm³/mol. The van der Waals surface area contributed by atoms with Crippen LogP contribution in [0, 0.1) is 24.7 Å². The molecule has 4 rings (SSSR count). The molecule has 32 heavy (non-hydrogen) atoms. The summed E-state index contributed by atoms with van der Waals surface area (Å²) in [5.74, 6) is 3.17. The minimum atomic E-state index is 0.247. The molecular weight excluding hydrogens is 392 g/mol. The molecule has 3 atom stereocenters. The van der Waals surface area contributed by atoms with Gasteiger partial charge in [0.05, 0.1) is 11.8 Å². The highest BCUT2D eigenvalue weighted by Gasteiger charge is 2.38. The van der Waals surface area contributed by atoms with Gasteiger partial charge < -0.3 is 4.90 Å². The highest BCUT2D eigenvalue weighted by Crippen LogP contribution is 2.40. The molecule has 3 nitrogen and oxygen atoms in total. The van der Waals surface area contributed by atoms with Crippen molar-refractivity contribution in [1.29, 1.82) is 0 Å². The third kappa shape index (κ3) is 6.23. The van der Waals surface area contributed by atoms with Crippen molar-refractivity contribution in [3.8, 4) is 0 Å². The third-order valence-corrected chi connectivity index (χ3v) is 8.13. The lowest BCUT2D eigenvalue weighted by Crippen LogP contribution is -2.42. The van der Waals surface area contributed by atoms with E-state index >= 15 is 0 Å². The maximum atomic E-state index is 13.5. The number of likely N-dealkylation sites (tertiary alicyclic amines) is 1. The van der Waals surface area contributed by atoms with Gasteiger partial charge in [0, 0.05) is 13.1 Å². The average molecular weight is 437 g/mol. The number of piperidine rings is 1. The molecule has 2 aliphatic heterocycles. The second-order valence-electron chi connectivity index (χ2n) is 11.2. The van der Waals surface area contributed by atoms with Crippen molar-refractivity contribution in [3.05, 3.63) is 35.4 Å². The van der Waals surface area contributed by atoms with E-state index in [0.29, 0.717) is 12.0 Å². The molecule has 0 aromatic heterocycles. The Morgan fingerprint density at radius 1 is 1.03 bits per heavy atom. The van der Waals surface area contributed by atoms with Crippen LogP contribution in [0.2, 0.25) is 0 Å². The SMILES string of the molecule is Cc1ccccc1C1CCN(C(=O)C2=NC3CC3CCCCC(CC(C)C)CCC2)CC1. The third-order valence-electron chi connectivity index (χ3n) is 8.13. The van der Waals surface area contributed by atoms with Crippen molar-refractivity contribution < 1.29 is 4.79 Å². The number of hydrogen-bond donors (Lipinski definition) is 0. The minimum Gasteiger partial charge on any atom is -0.338 e. The van der Waals surface area contributed by atoms with E-state index in [1.165, 1.54) is 56.1 Å². The first-order chi connectivity index (χ1) is 15.5. The van der Waals surface area contributed by atoms with Crippen LogP contribution in [0.5, 0.6) is 0 Å². The van der Waals surface area contributed by atoms with Gasteiger partial charge in [-0.15, -0.1) is 0 Å². The molecule has 0 spiro atoms. The Morgan fingerprint density at radius 3 is 2.50 bits per heavy atom. The largest absolute Gasteiger partial charge is 0.338 e. The van der Waals surface area contributed by atoms with Crippen LogP contribution in [0.1, 0.15) is 102 Å². The molecule has 1 aliphatic carbocycles. The van der Waals surface area contributed by atoms with E-state index in [2.05, 4.69) is 49.9 Å². The summed E-state index contributed by atoms with van der Waals surface area (Å²) < 4.78 is 0. The summed E-state index contributed by atoms with van der Waals surface area (Å²) in [6.45, 7) is 8.66. The molecule has 0 N–H and O–H groups in total. The van der Waals surface area contributed by atoms with E-state index in [1.54, 1.807) is 0 Å². The van der Waals surface area contributed by atoms with Gasteiger partial charge in [-0.05, 0) is 86.7 Å². The number of aliphatic imine (C=N–C) groups is 1. The summed E-state index contributed by atoms with van der Waals surface area (Å²) in [5, 5.41) is 0. The fourth-order valence-corrected chi connectivity index (χ4v) is 6.19. The number of carbonyl (C=O) groups excluding carboxylic acids is 1. The van der Waals surface area contributed by atoms with E-state index in [0.717, 1.165) is 62.2 Å². The van der Waals surface area contributed by atoms with Gasteiger partial charge in [0.2, 0.25) is 0 Å². The van der Waals surface area contributed by atoms with Crippen molar-refractivity contribution in [1.82, 2.24) is 4.90 Å². The molecule has 176 valence electrons. The first kappa shape index (κ1) is 23.5. The fraction of sp³-hybridized carbons (Fsp3) is 0.724. The molecule has 1 aromatic carbocycles. The van der Waals surface area contributed by atoms with Crippen LogP contribution in [-0.2, 0) is 4.79 Å². The Balaban J connectivity index is 1.38. The Labute approximate surface area is 196 Å². The van der Waals surface area contributed by atoms with Gasteiger partial charge in [-0.2, -0.15) is 0 Å². The maximum Gasteiger partial charge on any atom is 0.267 e. The Hall–Kier alpha value is -1.64. The number of carbonyl (C=O) groups is 1. The van der Waals surface area contributed by atoms with Gasteiger partial charge in [0.1, 0.15) is 0 Å². The molecule has 1 amide bonds. The predicted octanol–water partition coefficient (Wildman–Crippen LogP) is 6.94. The molecular formula is C29H44N2O. The Morgan fingerprint density at radius 2 is 1.75 bits per heavy atom. The van der Waals surface area contributed by atoms with E-state index in [9.17, 15) is 4.79 Å². The second kappa shape index (κ2) is 11.0. The Bertz CT molecular complexity index is 790. The quantitative estimate of drug-likeness (QED) is 0.503. The second-order valence-corrected chi connectivity index (χ2v) is 11.2. The van der Waals surface area contributed by atoms with Crippen LogP contribution in [0.3, 0.4) is 0 Å². The zero-order chi connectivity index (χ0) is 22.5. The van der Waals surface area contributed by atoms with Gasteiger partial charge in [-0.1, -0.05) is 63.8 Å². The number of fused-ring (bicyclic) bond motifs is 1. The zero-order valence-corrected chi connectivity index (χ0v) is 20.7. The Kier molecular flexibility index (Phi) is 8.07. The molecule has 3 heteroatoms. The van der Waals surface area contributed by atoms with Crippen LogP contribution in [0.4, 0.5) is 0 Å². The van der Waals surface area contributed by atoms with Gasteiger partial charge in [0.25, 0.3) is 5.91 Å². The van der Waals surface area contributed by atoms with Crippen molar-refractivity contribution in [2.75, 3.05) is 13.1 Å². The molecule has 2 fully saturated rings. The van der Waals surface area contributed by atoms with E-state index in [1.807, 2.05) is 0 Å².